The minimum Gasteiger partial charge on any atom is -0.463 e. The van der Waals surface area contributed by atoms with Gasteiger partial charge >= 0.3 is 19.5 Å². The van der Waals surface area contributed by atoms with Gasteiger partial charge in [0, 0.05) is 12.3 Å². The Morgan fingerprint density at radius 1 is 1.44 bits per heavy atom. The van der Waals surface area contributed by atoms with E-state index >= 15 is 0 Å². The predicted octanol–water partition coefficient (Wildman–Crippen LogP) is 1.06. The molecule has 2 aliphatic rings. The molecule has 1 aromatic heterocycles. The fourth-order valence-electron chi connectivity index (χ4n) is 3.50. The van der Waals surface area contributed by atoms with Gasteiger partial charge in [0.1, 0.15) is 12.2 Å². The van der Waals surface area contributed by atoms with Crippen molar-refractivity contribution < 1.29 is 32.4 Å². The number of carbonyl (C=O) groups excluding carboxylic acids is 1. The summed E-state index contributed by atoms with van der Waals surface area (Å²) in [6.45, 7) is 8.27. The third kappa shape index (κ3) is 5.05. The summed E-state index contributed by atoms with van der Waals surface area (Å²) in [4.78, 5) is 37.9. The molecule has 3 N–H and O–H groups in total. The number of fused-ring (bicyclic) bond motifs is 1. The largest absolute Gasteiger partial charge is 0.475 e. The molecule has 0 unspecified atom stereocenters. The van der Waals surface area contributed by atoms with E-state index in [1.807, 2.05) is 0 Å². The van der Waals surface area contributed by atoms with E-state index in [1.54, 1.807) is 34.6 Å². The highest BCUT2D eigenvalue weighted by Gasteiger charge is 2.59. The Morgan fingerprint density at radius 2 is 2.12 bits per heavy atom. The maximum Gasteiger partial charge on any atom is 0.475 e. The van der Waals surface area contributed by atoms with E-state index in [0.717, 1.165) is 4.57 Å². The lowest BCUT2D eigenvalue weighted by molar-refractivity contribution is -0.158. The summed E-state index contributed by atoms with van der Waals surface area (Å²) in [7, 11) is -4.00. The number of aromatic amines is 1. The third-order valence-electron chi connectivity index (χ3n) is 5.40. The molecule has 2 saturated heterocycles. The Balaban J connectivity index is 1.67. The Hall–Kier alpha value is -1.82. The average molecular weight is 475 g/mol. The zero-order valence-electron chi connectivity index (χ0n) is 18.7. The van der Waals surface area contributed by atoms with Crippen molar-refractivity contribution in [3.63, 3.8) is 0 Å². The molecule has 0 aliphatic carbocycles. The second-order valence-corrected chi connectivity index (χ2v) is 10.7. The van der Waals surface area contributed by atoms with E-state index in [2.05, 4.69) is 4.98 Å². The zero-order valence-corrected chi connectivity index (χ0v) is 19.6. The second kappa shape index (κ2) is 8.85. The van der Waals surface area contributed by atoms with Crippen molar-refractivity contribution in [1.29, 1.82) is 0 Å². The highest BCUT2D eigenvalue weighted by Crippen LogP contribution is 2.58. The SMILES string of the molecule is CC(C)OC(=O)C(C)(C)CCO[P@]1(=O)OC[C@H]2O[C@@H](n3ccc(=O)[nH]c3=O)[C@](C)(N)[C@@H]2O1. The third-order valence-corrected chi connectivity index (χ3v) is 6.85. The van der Waals surface area contributed by atoms with Gasteiger partial charge in [0.15, 0.2) is 6.23 Å². The lowest BCUT2D eigenvalue weighted by Gasteiger charge is -2.36. The minimum absolute atomic E-state index is 0.0835. The van der Waals surface area contributed by atoms with Crippen LogP contribution in [-0.4, -0.2) is 52.6 Å². The first-order valence-corrected chi connectivity index (χ1v) is 11.8. The Morgan fingerprint density at radius 3 is 2.75 bits per heavy atom. The number of phosphoric acid groups is 1. The van der Waals surface area contributed by atoms with E-state index in [9.17, 15) is 18.9 Å². The van der Waals surface area contributed by atoms with Crippen molar-refractivity contribution >= 4 is 13.8 Å². The van der Waals surface area contributed by atoms with Gasteiger partial charge < -0.3 is 15.2 Å². The monoisotopic (exact) mass is 475 g/mol. The first-order valence-electron chi connectivity index (χ1n) is 10.3. The highest BCUT2D eigenvalue weighted by atomic mass is 31.2. The van der Waals surface area contributed by atoms with Crippen LogP contribution < -0.4 is 17.0 Å². The highest BCUT2D eigenvalue weighted by molar-refractivity contribution is 7.48. The summed E-state index contributed by atoms with van der Waals surface area (Å²) in [5, 5.41) is 0. The normalized spacial score (nSPS) is 32.7. The Bertz CT molecular complexity index is 1020. The zero-order chi connectivity index (χ0) is 23.9. The number of aromatic nitrogens is 2. The number of nitrogens with one attached hydrogen (secondary N) is 1. The molecular formula is C19H30N3O9P. The van der Waals surface area contributed by atoms with Gasteiger partial charge in [0.05, 0.1) is 30.3 Å². The van der Waals surface area contributed by atoms with Crippen molar-refractivity contribution in [1.82, 2.24) is 9.55 Å². The van der Waals surface area contributed by atoms with Gasteiger partial charge in [-0.1, -0.05) is 0 Å². The number of hydrogen-bond donors (Lipinski definition) is 2. The van der Waals surface area contributed by atoms with E-state index < -0.39 is 54.4 Å². The van der Waals surface area contributed by atoms with Crippen molar-refractivity contribution in [2.24, 2.45) is 11.1 Å². The quantitative estimate of drug-likeness (QED) is 0.431. The molecular weight excluding hydrogens is 445 g/mol. The summed E-state index contributed by atoms with van der Waals surface area (Å²) < 4.78 is 41.6. The van der Waals surface area contributed by atoms with Crippen LogP contribution in [0.4, 0.5) is 0 Å². The fourth-order valence-corrected chi connectivity index (χ4v) is 4.98. The molecule has 2 fully saturated rings. The molecule has 0 amide bonds. The van der Waals surface area contributed by atoms with Crippen LogP contribution >= 0.6 is 7.82 Å². The molecule has 13 heteroatoms. The molecule has 1 aromatic rings. The van der Waals surface area contributed by atoms with Gasteiger partial charge in [0.25, 0.3) is 5.56 Å². The van der Waals surface area contributed by atoms with Crippen molar-refractivity contribution in [3.05, 3.63) is 33.1 Å². The summed E-state index contributed by atoms with van der Waals surface area (Å²) >= 11 is 0. The number of carbonyl (C=O) groups is 1. The van der Waals surface area contributed by atoms with Gasteiger partial charge in [-0.3, -0.25) is 32.7 Å². The van der Waals surface area contributed by atoms with Crippen LogP contribution in [0.2, 0.25) is 0 Å². The number of ether oxygens (including phenoxy) is 2. The van der Waals surface area contributed by atoms with Crippen molar-refractivity contribution in [3.8, 4) is 0 Å². The molecule has 5 atom stereocenters. The molecule has 180 valence electrons. The number of nitrogens with zero attached hydrogens (tertiary/aromatic N) is 1. The van der Waals surface area contributed by atoms with Crippen molar-refractivity contribution in [2.75, 3.05) is 13.2 Å². The summed E-state index contributed by atoms with van der Waals surface area (Å²) in [5.41, 5.74) is 3.01. The molecule has 3 heterocycles. The van der Waals surface area contributed by atoms with Crippen LogP contribution in [0.25, 0.3) is 0 Å². The van der Waals surface area contributed by atoms with Crippen LogP contribution in [0.5, 0.6) is 0 Å². The Kier molecular flexibility index (Phi) is 6.86. The smallest absolute Gasteiger partial charge is 0.463 e. The molecule has 0 radical (unpaired) electrons. The number of H-pyrrole nitrogens is 1. The molecule has 32 heavy (non-hydrogen) atoms. The van der Waals surface area contributed by atoms with Gasteiger partial charge in [-0.05, 0) is 41.0 Å². The Labute approximate surface area is 184 Å². The van der Waals surface area contributed by atoms with Crippen LogP contribution in [0, 0.1) is 5.41 Å². The molecule has 0 spiro atoms. The number of esters is 1. The number of hydrogen-bond acceptors (Lipinski definition) is 10. The standard InChI is InChI=1S/C19H30N3O9P/c1-11(2)29-16(24)18(3,4)7-9-27-32(26)28-10-12-14(31-32)19(5,20)15(30-12)22-8-6-13(23)21-17(22)25/h6,8,11-12,14-15H,7,9-10,20H2,1-5H3,(H,21,23,25)/t12-,14-,15-,19-,32-/m1/s1. The topological polar surface area (TPSA) is 161 Å². The maximum absolute atomic E-state index is 13.0. The van der Waals surface area contributed by atoms with Gasteiger partial charge in [-0.2, -0.15) is 0 Å². The lowest BCUT2D eigenvalue weighted by Crippen LogP contribution is -2.55. The van der Waals surface area contributed by atoms with Crippen LogP contribution in [0.15, 0.2) is 21.9 Å². The average Bonchev–Trinajstić information content (AvgIpc) is 2.91. The number of phosphoric ester groups is 1. The van der Waals surface area contributed by atoms with E-state index in [4.69, 9.17) is 28.8 Å². The van der Waals surface area contributed by atoms with Crippen LogP contribution in [0.1, 0.15) is 47.3 Å². The summed E-state index contributed by atoms with van der Waals surface area (Å²) in [6, 6.07) is 1.17. The minimum atomic E-state index is -4.00. The molecule has 3 rings (SSSR count). The van der Waals surface area contributed by atoms with Gasteiger partial charge in [-0.15, -0.1) is 0 Å². The van der Waals surface area contributed by atoms with E-state index in [1.165, 1.54) is 12.3 Å². The van der Waals surface area contributed by atoms with Crippen LogP contribution in [0.3, 0.4) is 0 Å². The maximum atomic E-state index is 13.0. The predicted molar refractivity (Wildman–Crippen MR) is 112 cm³/mol. The van der Waals surface area contributed by atoms with Crippen molar-refractivity contribution in [2.45, 2.75) is 71.1 Å². The van der Waals surface area contributed by atoms with E-state index in [-0.39, 0.29) is 25.7 Å². The molecule has 0 aromatic carbocycles. The number of rotatable bonds is 7. The molecule has 0 saturated carbocycles. The van der Waals surface area contributed by atoms with Gasteiger partial charge in [0.2, 0.25) is 0 Å². The summed E-state index contributed by atoms with van der Waals surface area (Å²) in [6.07, 6.45) is -1.39. The molecule has 12 nitrogen and oxygen atoms in total. The first-order chi connectivity index (χ1) is 14.7. The van der Waals surface area contributed by atoms with Gasteiger partial charge in [-0.25, -0.2) is 9.36 Å². The first kappa shape index (κ1) is 24.8. The fraction of sp³-hybridized carbons (Fsp3) is 0.737. The molecule has 2 aliphatic heterocycles. The van der Waals surface area contributed by atoms with Crippen LogP contribution in [-0.2, 0) is 32.4 Å². The second-order valence-electron chi connectivity index (χ2n) is 9.10. The summed E-state index contributed by atoms with van der Waals surface area (Å²) in [5.74, 6) is -0.396. The molecule has 0 bridgehead atoms. The van der Waals surface area contributed by atoms with E-state index in [0.29, 0.717) is 0 Å². The lowest BCUT2D eigenvalue weighted by atomic mass is 9.90. The number of nitrogens with two attached hydrogens (primary N) is 1.